The van der Waals surface area contributed by atoms with E-state index < -0.39 is 0 Å². The zero-order valence-corrected chi connectivity index (χ0v) is 18.7. The highest BCUT2D eigenvalue weighted by Gasteiger charge is 2.32. The van der Waals surface area contributed by atoms with E-state index in [-0.39, 0.29) is 11.9 Å². The Morgan fingerprint density at radius 3 is 2.90 bits per heavy atom. The second-order valence-corrected chi connectivity index (χ2v) is 9.01. The van der Waals surface area contributed by atoms with Crippen LogP contribution in [0.15, 0.2) is 23.8 Å². The van der Waals surface area contributed by atoms with Crippen molar-refractivity contribution in [2.45, 2.75) is 46.2 Å². The van der Waals surface area contributed by atoms with Gasteiger partial charge in [-0.3, -0.25) is 14.8 Å². The Labute approximate surface area is 184 Å². The van der Waals surface area contributed by atoms with Crippen molar-refractivity contribution in [1.82, 2.24) is 25.0 Å². The fourth-order valence-electron chi connectivity index (χ4n) is 3.84. The Balaban J connectivity index is 1.54. The van der Waals surface area contributed by atoms with E-state index in [2.05, 4.69) is 44.3 Å². The summed E-state index contributed by atoms with van der Waals surface area (Å²) in [5, 5.41) is 16.1. The van der Waals surface area contributed by atoms with Crippen molar-refractivity contribution in [3.05, 3.63) is 45.8 Å². The van der Waals surface area contributed by atoms with E-state index in [1.54, 1.807) is 17.8 Å². The van der Waals surface area contributed by atoms with Gasteiger partial charge in [0.2, 0.25) is 5.13 Å². The minimum atomic E-state index is -0.252. The Kier molecular flexibility index (Phi) is 6.01. The Morgan fingerprint density at radius 1 is 1.40 bits per heavy atom. The van der Waals surface area contributed by atoms with E-state index in [0.717, 1.165) is 43.0 Å². The third-order valence-corrected chi connectivity index (χ3v) is 6.12. The molecule has 0 aliphatic carbocycles. The summed E-state index contributed by atoms with van der Waals surface area (Å²) in [7, 11) is 0. The Hall–Kier alpha value is -2.52. The van der Waals surface area contributed by atoms with Crippen molar-refractivity contribution in [2.75, 3.05) is 16.8 Å². The molecule has 1 amide bonds. The van der Waals surface area contributed by atoms with Crippen LogP contribution in [0.1, 0.15) is 54.3 Å². The van der Waals surface area contributed by atoms with Crippen LogP contribution in [0.4, 0.5) is 10.9 Å². The normalized spacial score (nSPS) is 16.4. The standard InChI is InChI=1S/C20H24ClN7OS/c1-12(2)10-28-18(21)17(13(3)26-28)15-5-4-8-27(15)16-7-6-14(9-22-16)19(29)24-20-25-23-11-30-20/h6-7,9,11-12,15H,4-5,8,10H2,1-3H3,(H,24,25,29). The Morgan fingerprint density at radius 2 is 2.23 bits per heavy atom. The van der Waals surface area contributed by atoms with Gasteiger partial charge in [-0.1, -0.05) is 36.8 Å². The number of pyridine rings is 1. The lowest BCUT2D eigenvalue weighted by Crippen LogP contribution is -2.24. The van der Waals surface area contributed by atoms with Gasteiger partial charge in [-0.2, -0.15) is 5.10 Å². The second-order valence-electron chi connectivity index (χ2n) is 7.82. The van der Waals surface area contributed by atoms with Crippen molar-refractivity contribution in [3.8, 4) is 0 Å². The minimum Gasteiger partial charge on any atom is -0.349 e. The van der Waals surface area contributed by atoms with Crippen molar-refractivity contribution < 1.29 is 4.79 Å². The smallest absolute Gasteiger partial charge is 0.259 e. The molecule has 10 heteroatoms. The van der Waals surface area contributed by atoms with Crippen molar-refractivity contribution >= 4 is 39.8 Å². The third kappa shape index (κ3) is 4.17. The van der Waals surface area contributed by atoms with Gasteiger partial charge < -0.3 is 4.90 Å². The van der Waals surface area contributed by atoms with E-state index in [4.69, 9.17) is 11.6 Å². The van der Waals surface area contributed by atoms with Crippen LogP contribution in [0, 0.1) is 12.8 Å². The number of aromatic nitrogens is 5. The third-order valence-electron chi connectivity index (χ3n) is 5.12. The highest BCUT2D eigenvalue weighted by Crippen LogP contribution is 2.40. The lowest BCUT2D eigenvalue weighted by molar-refractivity contribution is 0.102. The van der Waals surface area contributed by atoms with Crippen LogP contribution < -0.4 is 10.2 Å². The molecule has 0 spiro atoms. The van der Waals surface area contributed by atoms with Gasteiger partial charge in [0.25, 0.3) is 5.91 Å². The molecule has 1 aliphatic heterocycles. The van der Waals surface area contributed by atoms with Crippen LogP contribution in [-0.4, -0.2) is 37.4 Å². The van der Waals surface area contributed by atoms with Gasteiger partial charge in [-0.15, -0.1) is 10.2 Å². The summed E-state index contributed by atoms with van der Waals surface area (Å²) in [4.78, 5) is 19.2. The number of nitrogens with one attached hydrogen (secondary N) is 1. The first-order valence-electron chi connectivity index (χ1n) is 9.97. The number of rotatable bonds is 6. The molecule has 3 aromatic heterocycles. The Bertz CT molecular complexity index is 1020. The summed E-state index contributed by atoms with van der Waals surface area (Å²) in [6.07, 6.45) is 3.64. The van der Waals surface area contributed by atoms with Crippen LogP contribution in [0.3, 0.4) is 0 Å². The van der Waals surface area contributed by atoms with Gasteiger partial charge in [-0.05, 0) is 37.8 Å². The fraction of sp³-hybridized carbons (Fsp3) is 0.450. The molecule has 1 fully saturated rings. The number of hydrogen-bond donors (Lipinski definition) is 1. The van der Waals surface area contributed by atoms with Gasteiger partial charge in [-0.25, -0.2) is 4.98 Å². The SMILES string of the molecule is Cc1nn(CC(C)C)c(Cl)c1C1CCCN1c1ccc(C(=O)Nc2nncs2)cn1. The molecule has 158 valence electrons. The molecule has 3 aromatic rings. The van der Waals surface area contributed by atoms with Crippen LogP contribution in [0.5, 0.6) is 0 Å². The van der Waals surface area contributed by atoms with E-state index in [1.165, 1.54) is 11.3 Å². The molecule has 4 rings (SSSR count). The molecule has 1 aliphatic rings. The van der Waals surface area contributed by atoms with Gasteiger partial charge in [0.15, 0.2) is 0 Å². The first-order chi connectivity index (χ1) is 14.4. The fourth-order valence-corrected chi connectivity index (χ4v) is 4.65. The summed E-state index contributed by atoms with van der Waals surface area (Å²) < 4.78 is 1.90. The molecule has 1 atom stereocenters. The molecular formula is C20H24ClN7OS. The number of carbonyl (C=O) groups excluding carboxylic acids is 1. The quantitative estimate of drug-likeness (QED) is 0.607. The van der Waals surface area contributed by atoms with Gasteiger partial charge in [0.1, 0.15) is 16.5 Å². The summed E-state index contributed by atoms with van der Waals surface area (Å²) in [6.45, 7) is 8.01. The van der Waals surface area contributed by atoms with Gasteiger partial charge in [0, 0.05) is 24.8 Å². The zero-order valence-electron chi connectivity index (χ0n) is 17.2. The molecule has 4 heterocycles. The lowest BCUT2D eigenvalue weighted by Gasteiger charge is -2.26. The number of amides is 1. The van der Waals surface area contributed by atoms with Crippen LogP contribution in [0.25, 0.3) is 0 Å². The molecule has 0 saturated carbocycles. The molecular weight excluding hydrogens is 422 g/mol. The number of carbonyl (C=O) groups is 1. The van der Waals surface area contributed by atoms with E-state index in [1.807, 2.05) is 17.7 Å². The monoisotopic (exact) mass is 445 g/mol. The summed E-state index contributed by atoms with van der Waals surface area (Å²) >= 11 is 8.00. The molecule has 1 saturated heterocycles. The number of aryl methyl sites for hydroxylation is 1. The number of halogens is 1. The first kappa shape index (κ1) is 20.7. The van der Waals surface area contributed by atoms with Crippen LogP contribution >= 0.6 is 22.9 Å². The summed E-state index contributed by atoms with van der Waals surface area (Å²) in [5.41, 5.74) is 4.09. The van der Waals surface area contributed by atoms with Crippen LogP contribution in [-0.2, 0) is 6.54 Å². The average molecular weight is 446 g/mol. The first-order valence-corrected chi connectivity index (χ1v) is 11.2. The number of anilines is 2. The largest absolute Gasteiger partial charge is 0.349 e. The van der Waals surface area contributed by atoms with E-state index in [0.29, 0.717) is 21.8 Å². The molecule has 8 nitrogen and oxygen atoms in total. The van der Waals surface area contributed by atoms with Gasteiger partial charge in [0.05, 0.1) is 17.3 Å². The predicted molar refractivity (Wildman–Crippen MR) is 118 cm³/mol. The molecule has 30 heavy (non-hydrogen) atoms. The van der Waals surface area contributed by atoms with Gasteiger partial charge >= 0.3 is 0 Å². The van der Waals surface area contributed by atoms with Crippen molar-refractivity contribution in [3.63, 3.8) is 0 Å². The maximum Gasteiger partial charge on any atom is 0.259 e. The molecule has 0 bridgehead atoms. The highest BCUT2D eigenvalue weighted by molar-refractivity contribution is 7.13. The lowest BCUT2D eigenvalue weighted by atomic mass is 10.1. The van der Waals surface area contributed by atoms with E-state index >= 15 is 0 Å². The van der Waals surface area contributed by atoms with Crippen LogP contribution in [0.2, 0.25) is 5.15 Å². The number of nitrogens with zero attached hydrogens (tertiary/aromatic N) is 6. The highest BCUT2D eigenvalue weighted by atomic mass is 35.5. The topological polar surface area (TPSA) is 88.8 Å². The minimum absolute atomic E-state index is 0.131. The maximum atomic E-state index is 12.4. The molecule has 1 N–H and O–H groups in total. The predicted octanol–water partition coefficient (Wildman–Crippen LogP) is 4.34. The molecule has 1 unspecified atom stereocenters. The van der Waals surface area contributed by atoms with Crippen molar-refractivity contribution in [1.29, 1.82) is 0 Å². The molecule has 0 radical (unpaired) electrons. The summed E-state index contributed by atoms with van der Waals surface area (Å²) in [5.74, 6) is 1.05. The average Bonchev–Trinajstić information content (AvgIpc) is 3.44. The summed E-state index contributed by atoms with van der Waals surface area (Å²) in [6, 6.07) is 3.80. The second kappa shape index (κ2) is 8.69. The zero-order chi connectivity index (χ0) is 21.3. The maximum absolute atomic E-state index is 12.4. The number of hydrogen-bond acceptors (Lipinski definition) is 7. The van der Waals surface area contributed by atoms with E-state index in [9.17, 15) is 4.79 Å². The molecule has 0 aromatic carbocycles. The van der Waals surface area contributed by atoms with Crippen molar-refractivity contribution in [2.24, 2.45) is 5.92 Å².